The standard InChI is InChI=1S/C12H18N2O2S/c13-10-5-8-17-11(10)12(16)14-6-2-1-3-9(14)4-7-15/h5,8-9,15H,1-4,6-7,13H2. The summed E-state index contributed by atoms with van der Waals surface area (Å²) in [5.41, 5.74) is 6.34. The monoisotopic (exact) mass is 254 g/mol. The predicted molar refractivity (Wildman–Crippen MR) is 69.1 cm³/mol. The van der Waals surface area contributed by atoms with Gasteiger partial charge in [0.1, 0.15) is 4.88 Å². The summed E-state index contributed by atoms with van der Waals surface area (Å²) in [4.78, 5) is 14.9. The number of piperidine rings is 1. The summed E-state index contributed by atoms with van der Waals surface area (Å²) in [5, 5.41) is 10.9. The van der Waals surface area contributed by atoms with E-state index in [9.17, 15) is 4.79 Å². The highest BCUT2D eigenvalue weighted by atomic mass is 32.1. The highest BCUT2D eigenvalue weighted by molar-refractivity contribution is 7.12. The fraction of sp³-hybridized carbons (Fsp3) is 0.583. The Kier molecular flexibility index (Phi) is 4.02. The zero-order valence-corrected chi connectivity index (χ0v) is 10.6. The lowest BCUT2D eigenvalue weighted by molar-refractivity contribution is 0.0580. The Morgan fingerprint density at radius 3 is 3.06 bits per heavy atom. The Morgan fingerprint density at radius 1 is 1.59 bits per heavy atom. The van der Waals surface area contributed by atoms with Crippen LogP contribution in [0.3, 0.4) is 0 Å². The molecule has 5 heteroatoms. The first-order valence-electron chi connectivity index (χ1n) is 5.99. The number of hydrogen-bond donors (Lipinski definition) is 2. The zero-order valence-electron chi connectivity index (χ0n) is 9.76. The SMILES string of the molecule is Nc1ccsc1C(=O)N1CCCCC1CCO. The van der Waals surface area contributed by atoms with Gasteiger partial charge >= 0.3 is 0 Å². The second-order valence-electron chi connectivity index (χ2n) is 4.37. The summed E-state index contributed by atoms with van der Waals surface area (Å²) >= 11 is 1.39. The maximum atomic E-state index is 12.3. The van der Waals surface area contributed by atoms with Crippen LogP contribution < -0.4 is 5.73 Å². The molecular weight excluding hydrogens is 236 g/mol. The number of likely N-dealkylation sites (tertiary alicyclic amines) is 1. The van der Waals surface area contributed by atoms with Crippen LogP contribution in [0, 0.1) is 0 Å². The third-order valence-electron chi connectivity index (χ3n) is 3.24. The van der Waals surface area contributed by atoms with E-state index < -0.39 is 0 Å². The smallest absolute Gasteiger partial charge is 0.266 e. The van der Waals surface area contributed by atoms with Crippen LogP contribution in [-0.4, -0.2) is 35.1 Å². The summed E-state index contributed by atoms with van der Waals surface area (Å²) in [5.74, 6) is 0.0238. The third kappa shape index (κ3) is 2.61. The molecule has 1 aromatic heterocycles. The van der Waals surface area contributed by atoms with E-state index in [1.54, 1.807) is 6.07 Å². The first kappa shape index (κ1) is 12.4. The minimum atomic E-state index is 0.0238. The minimum absolute atomic E-state index is 0.0238. The number of carbonyl (C=O) groups excluding carboxylic acids is 1. The zero-order chi connectivity index (χ0) is 12.3. The molecule has 1 unspecified atom stereocenters. The van der Waals surface area contributed by atoms with E-state index in [0.29, 0.717) is 17.0 Å². The average Bonchev–Trinajstić information content (AvgIpc) is 2.76. The first-order valence-corrected chi connectivity index (χ1v) is 6.87. The molecule has 2 heterocycles. The fourth-order valence-electron chi connectivity index (χ4n) is 2.34. The Balaban J connectivity index is 2.14. The summed E-state index contributed by atoms with van der Waals surface area (Å²) in [6, 6.07) is 1.94. The van der Waals surface area contributed by atoms with Gasteiger partial charge in [0, 0.05) is 19.2 Å². The van der Waals surface area contributed by atoms with Gasteiger partial charge in [-0.3, -0.25) is 4.79 Å². The Labute approximate surface area is 105 Å². The van der Waals surface area contributed by atoms with Gasteiger partial charge in [-0.15, -0.1) is 11.3 Å². The molecule has 1 aliphatic heterocycles. The van der Waals surface area contributed by atoms with E-state index in [-0.39, 0.29) is 18.6 Å². The molecule has 0 aliphatic carbocycles. The van der Waals surface area contributed by atoms with E-state index in [1.165, 1.54) is 11.3 Å². The predicted octanol–water partition coefficient (Wildman–Crippen LogP) is 1.71. The number of nitrogens with zero attached hydrogens (tertiary/aromatic N) is 1. The van der Waals surface area contributed by atoms with Gasteiger partial charge in [-0.05, 0) is 37.1 Å². The van der Waals surface area contributed by atoms with Crippen LogP contribution in [0.1, 0.15) is 35.4 Å². The quantitative estimate of drug-likeness (QED) is 0.863. The number of thiophene rings is 1. The van der Waals surface area contributed by atoms with Crippen molar-refractivity contribution >= 4 is 22.9 Å². The summed E-state index contributed by atoms with van der Waals surface area (Å²) in [7, 11) is 0. The molecule has 1 aliphatic rings. The third-order valence-corrected chi connectivity index (χ3v) is 4.16. The number of aliphatic hydroxyl groups excluding tert-OH is 1. The summed E-state index contributed by atoms with van der Waals surface area (Å²) in [6.07, 6.45) is 3.82. The fourth-order valence-corrected chi connectivity index (χ4v) is 3.11. The lowest BCUT2D eigenvalue weighted by Crippen LogP contribution is -2.44. The van der Waals surface area contributed by atoms with Crippen molar-refractivity contribution in [3.05, 3.63) is 16.3 Å². The van der Waals surface area contributed by atoms with E-state index >= 15 is 0 Å². The number of amides is 1. The molecule has 0 spiro atoms. The van der Waals surface area contributed by atoms with Crippen molar-refractivity contribution in [3.63, 3.8) is 0 Å². The molecule has 94 valence electrons. The van der Waals surface area contributed by atoms with Gasteiger partial charge in [-0.1, -0.05) is 0 Å². The first-order chi connectivity index (χ1) is 8.24. The molecule has 1 fully saturated rings. The summed E-state index contributed by atoms with van der Waals surface area (Å²) < 4.78 is 0. The lowest BCUT2D eigenvalue weighted by Gasteiger charge is -2.35. The van der Waals surface area contributed by atoms with Gasteiger partial charge in [0.05, 0.1) is 5.69 Å². The molecule has 1 aromatic rings. The number of rotatable bonds is 3. The van der Waals surface area contributed by atoms with Crippen molar-refractivity contribution in [3.8, 4) is 0 Å². The average molecular weight is 254 g/mol. The van der Waals surface area contributed by atoms with E-state index in [2.05, 4.69) is 0 Å². The van der Waals surface area contributed by atoms with Crippen LogP contribution in [-0.2, 0) is 0 Å². The Bertz CT molecular complexity index is 390. The molecule has 1 amide bonds. The molecule has 1 atom stereocenters. The second kappa shape index (κ2) is 5.51. The maximum absolute atomic E-state index is 12.3. The van der Waals surface area contributed by atoms with Crippen molar-refractivity contribution in [1.29, 1.82) is 0 Å². The Hall–Kier alpha value is -1.07. The second-order valence-corrected chi connectivity index (χ2v) is 5.28. The van der Waals surface area contributed by atoms with Crippen molar-refractivity contribution in [1.82, 2.24) is 4.90 Å². The van der Waals surface area contributed by atoms with Crippen LogP contribution in [0.25, 0.3) is 0 Å². The Morgan fingerprint density at radius 2 is 2.41 bits per heavy atom. The van der Waals surface area contributed by atoms with E-state index in [4.69, 9.17) is 10.8 Å². The number of aliphatic hydroxyl groups is 1. The normalized spacial score (nSPS) is 20.5. The van der Waals surface area contributed by atoms with Gasteiger partial charge in [0.2, 0.25) is 0 Å². The summed E-state index contributed by atoms with van der Waals surface area (Å²) in [6.45, 7) is 0.912. The van der Waals surface area contributed by atoms with Crippen molar-refractivity contribution < 1.29 is 9.90 Å². The molecule has 3 N–H and O–H groups in total. The van der Waals surface area contributed by atoms with E-state index in [0.717, 1.165) is 25.8 Å². The molecule has 0 radical (unpaired) electrons. The number of nitrogen functional groups attached to an aromatic ring is 1. The lowest BCUT2D eigenvalue weighted by atomic mass is 9.99. The molecule has 0 bridgehead atoms. The van der Waals surface area contributed by atoms with Crippen LogP contribution in [0.2, 0.25) is 0 Å². The van der Waals surface area contributed by atoms with Crippen molar-refractivity contribution in [2.45, 2.75) is 31.7 Å². The van der Waals surface area contributed by atoms with Crippen molar-refractivity contribution in [2.75, 3.05) is 18.9 Å². The highest BCUT2D eigenvalue weighted by Gasteiger charge is 2.28. The number of hydrogen-bond acceptors (Lipinski definition) is 4. The topological polar surface area (TPSA) is 66.6 Å². The van der Waals surface area contributed by atoms with Gasteiger partial charge < -0.3 is 15.7 Å². The number of nitrogens with two attached hydrogens (primary N) is 1. The van der Waals surface area contributed by atoms with Gasteiger partial charge in [-0.2, -0.15) is 0 Å². The molecule has 0 saturated carbocycles. The van der Waals surface area contributed by atoms with Crippen LogP contribution in [0.4, 0.5) is 5.69 Å². The van der Waals surface area contributed by atoms with Crippen LogP contribution >= 0.6 is 11.3 Å². The van der Waals surface area contributed by atoms with Crippen LogP contribution in [0.15, 0.2) is 11.4 Å². The maximum Gasteiger partial charge on any atom is 0.266 e. The number of carbonyl (C=O) groups is 1. The van der Waals surface area contributed by atoms with Crippen molar-refractivity contribution in [2.24, 2.45) is 0 Å². The molecule has 1 saturated heterocycles. The van der Waals surface area contributed by atoms with Gasteiger partial charge in [0.25, 0.3) is 5.91 Å². The minimum Gasteiger partial charge on any atom is -0.397 e. The van der Waals surface area contributed by atoms with E-state index in [1.807, 2.05) is 10.3 Å². The molecule has 2 rings (SSSR count). The van der Waals surface area contributed by atoms with Crippen LogP contribution in [0.5, 0.6) is 0 Å². The number of anilines is 1. The van der Waals surface area contributed by atoms with Gasteiger partial charge in [-0.25, -0.2) is 0 Å². The molecule has 4 nitrogen and oxygen atoms in total. The van der Waals surface area contributed by atoms with Gasteiger partial charge in [0.15, 0.2) is 0 Å². The molecule has 0 aromatic carbocycles. The molecular formula is C12H18N2O2S. The molecule has 17 heavy (non-hydrogen) atoms. The highest BCUT2D eigenvalue weighted by Crippen LogP contribution is 2.26. The largest absolute Gasteiger partial charge is 0.397 e.